The Morgan fingerprint density at radius 3 is 2.05 bits per heavy atom. The molecule has 12 nitrogen and oxygen atoms in total. The first-order valence-corrected chi connectivity index (χ1v) is 12.2. The van der Waals surface area contributed by atoms with Gasteiger partial charge in [-0.05, 0) is 36.0 Å². The fourth-order valence-corrected chi connectivity index (χ4v) is 3.52. The second-order valence-corrected chi connectivity index (χ2v) is 9.40. The zero-order valence-electron chi connectivity index (χ0n) is 21.9. The highest BCUT2D eigenvalue weighted by atomic mass is 19.1. The summed E-state index contributed by atoms with van der Waals surface area (Å²) in [6.45, 7) is 6.31. The lowest BCUT2D eigenvalue weighted by Crippen LogP contribution is -2.56. The van der Waals surface area contributed by atoms with Gasteiger partial charge in [0, 0.05) is 6.42 Å². The number of Topliss-reactive ketones (excluding diaryl/α,β-unsaturated/α-hetero) is 1. The molecule has 0 heterocycles. The van der Waals surface area contributed by atoms with Crippen LogP contribution in [0.15, 0.2) is 24.3 Å². The van der Waals surface area contributed by atoms with Crippen LogP contribution in [0.2, 0.25) is 0 Å². The number of hydrogen-bond donors (Lipinski definition) is 6. The van der Waals surface area contributed by atoms with Gasteiger partial charge >= 0.3 is 6.09 Å². The van der Waals surface area contributed by atoms with Crippen molar-refractivity contribution < 1.29 is 38.3 Å². The SMILES string of the molecule is CC[C@H](C)C(NC(=O)[C@H](CC(C)C)NC(=O)O)C(=O)C(=O)NCC(=O)N[C@@H](Cc1ccc(F)cc1)C(N)=O. The van der Waals surface area contributed by atoms with Crippen molar-refractivity contribution >= 4 is 35.5 Å². The highest BCUT2D eigenvalue weighted by molar-refractivity contribution is 6.38. The fraction of sp³-hybridized carbons (Fsp3) is 0.520. The summed E-state index contributed by atoms with van der Waals surface area (Å²) in [4.78, 5) is 73.3. The Morgan fingerprint density at radius 1 is 0.947 bits per heavy atom. The van der Waals surface area contributed by atoms with Crippen molar-refractivity contribution in [2.24, 2.45) is 17.6 Å². The maximum Gasteiger partial charge on any atom is 0.405 e. The molecule has 0 radical (unpaired) electrons. The Morgan fingerprint density at radius 2 is 1.55 bits per heavy atom. The summed E-state index contributed by atoms with van der Waals surface area (Å²) in [5, 5.41) is 18.1. The third-order valence-corrected chi connectivity index (χ3v) is 5.78. The van der Waals surface area contributed by atoms with Gasteiger partial charge in [-0.2, -0.15) is 0 Å². The number of carbonyl (C=O) groups excluding carboxylic acids is 5. The van der Waals surface area contributed by atoms with Crippen molar-refractivity contribution in [3.05, 3.63) is 35.6 Å². The molecule has 0 fully saturated rings. The monoisotopic (exact) mass is 537 g/mol. The maximum absolute atomic E-state index is 13.1. The predicted molar refractivity (Wildman–Crippen MR) is 135 cm³/mol. The molecule has 1 aromatic rings. The van der Waals surface area contributed by atoms with Crippen LogP contribution >= 0.6 is 0 Å². The molecule has 1 unspecified atom stereocenters. The highest BCUT2D eigenvalue weighted by Crippen LogP contribution is 2.12. The van der Waals surface area contributed by atoms with Crippen LogP contribution in [0, 0.1) is 17.7 Å². The fourth-order valence-electron chi connectivity index (χ4n) is 3.52. The van der Waals surface area contributed by atoms with E-state index in [-0.39, 0.29) is 18.8 Å². The van der Waals surface area contributed by atoms with Crippen molar-refractivity contribution in [3.63, 3.8) is 0 Å². The molecular weight excluding hydrogens is 501 g/mol. The molecule has 4 atom stereocenters. The van der Waals surface area contributed by atoms with Crippen LogP contribution in [-0.2, 0) is 30.4 Å². The molecule has 210 valence electrons. The first kappa shape index (κ1) is 32.0. The summed E-state index contributed by atoms with van der Waals surface area (Å²) in [6, 6.07) is 1.70. The van der Waals surface area contributed by atoms with E-state index in [0.29, 0.717) is 12.0 Å². The summed E-state index contributed by atoms with van der Waals surface area (Å²) >= 11 is 0. The van der Waals surface area contributed by atoms with Crippen LogP contribution < -0.4 is 27.0 Å². The lowest BCUT2D eigenvalue weighted by molar-refractivity contribution is -0.141. The van der Waals surface area contributed by atoms with E-state index in [1.807, 2.05) is 0 Å². The minimum atomic E-state index is -1.41. The third-order valence-electron chi connectivity index (χ3n) is 5.78. The molecule has 0 bridgehead atoms. The zero-order chi connectivity index (χ0) is 29.0. The number of amides is 5. The molecule has 13 heteroatoms. The largest absolute Gasteiger partial charge is 0.465 e. The van der Waals surface area contributed by atoms with Crippen molar-refractivity contribution in [3.8, 4) is 0 Å². The number of rotatable bonds is 15. The molecule has 0 aromatic heterocycles. The third kappa shape index (κ3) is 10.9. The lowest BCUT2D eigenvalue weighted by Gasteiger charge is -2.26. The van der Waals surface area contributed by atoms with Crippen LogP contribution in [0.3, 0.4) is 0 Å². The Kier molecular flexibility index (Phi) is 12.9. The number of nitrogens with one attached hydrogen (secondary N) is 4. The van der Waals surface area contributed by atoms with E-state index >= 15 is 0 Å². The average Bonchev–Trinajstić information content (AvgIpc) is 2.84. The molecule has 0 aliphatic rings. The van der Waals surface area contributed by atoms with E-state index < -0.39 is 71.9 Å². The zero-order valence-corrected chi connectivity index (χ0v) is 21.9. The minimum Gasteiger partial charge on any atom is -0.465 e. The number of halogens is 1. The molecule has 38 heavy (non-hydrogen) atoms. The van der Waals surface area contributed by atoms with Crippen LogP contribution in [-0.4, -0.2) is 65.3 Å². The van der Waals surface area contributed by atoms with Gasteiger partial charge in [0.1, 0.15) is 17.9 Å². The van der Waals surface area contributed by atoms with Gasteiger partial charge in [-0.25, -0.2) is 9.18 Å². The molecule has 5 amide bonds. The number of benzene rings is 1. The first-order chi connectivity index (χ1) is 17.7. The van der Waals surface area contributed by atoms with Crippen molar-refractivity contribution in [2.75, 3.05) is 6.54 Å². The maximum atomic E-state index is 13.1. The molecule has 0 aliphatic carbocycles. The normalized spacial score (nSPS) is 13.9. The van der Waals surface area contributed by atoms with E-state index in [0.717, 1.165) is 0 Å². The highest BCUT2D eigenvalue weighted by Gasteiger charge is 2.33. The van der Waals surface area contributed by atoms with E-state index in [2.05, 4.69) is 21.3 Å². The standard InChI is InChI=1S/C25H36FN5O7/c1-5-14(4)20(31-23(35)18(10-13(2)3)30-25(37)38)21(33)24(36)28-12-19(32)29-17(22(27)34)11-15-6-8-16(26)9-7-15/h6-9,13-14,17-18,20,30H,5,10-12H2,1-4H3,(H2,27,34)(H,28,36)(H,29,32)(H,31,35)(H,37,38)/t14-,17-,18-,20?/m0/s1. The van der Waals surface area contributed by atoms with Crippen molar-refractivity contribution in [1.29, 1.82) is 0 Å². The van der Waals surface area contributed by atoms with Crippen molar-refractivity contribution in [2.45, 2.75) is 65.1 Å². The number of carboxylic acid groups (broad SMARTS) is 1. The minimum absolute atomic E-state index is 0.0156. The van der Waals surface area contributed by atoms with E-state index in [4.69, 9.17) is 10.8 Å². The molecule has 7 N–H and O–H groups in total. The molecule has 0 saturated heterocycles. The van der Waals surface area contributed by atoms with E-state index in [9.17, 15) is 33.2 Å². The molecule has 0 aliphatic heterocycles. The van der Waals surface area contributed by atoms with Gasteiger partial charge in [-0.15, -0.1) is 0 Å². The van der Waals surface area contributed by atoms with Crippen LogP contribution in [0.1, 0.15) is 46.1 Å². The Balaban J connectivity index is 2.82. The summed E-state index contributed by atoms with van der Waals surface area (Å²) in [6.07, 6.45) is -0.840. The molecule has 1 aromatic carbocycles. The summed E-state index contributed by atoms with van der Waals surface area (Å²) in [5.74, 6) is -5.56. The number of hydrogen-bond acceptors (Lipinski definition) is 6. The van der Waals surface area contributed by atoms with Gasteiger partial charge in [0.2, 0.25) is 23.5 Å². The van der Waals surface area contributed by atoms with Gasteiger partial charge in [-0.1, -0.05) is 46.2 Å². The lowest BCUT2D eigenvalue weighted by atomic mass is 9.94. The average molecular weight is 538 g/mol. The number of carbonyl (C=O) groups is 6. The smallest absolute Gasteiger partial charge is 0.405 e. The Bertz CT molecular complexity index is 1020. The van der Waals surface area contributed by atoms with Gasteiger partial charge in [0.15, 0.2) is 0 Å². The second kappa shape index (κ2) is 15.3. The van der Waals surface area contributed by atoms with Crippen LogP contribution in [0.25, 0.3) is 0 Å². The predicted octanol–water partition coefficient (Wildman–Crippen LogP) is 0.237. The summed E-state index contributed by atoms with van der Waals surface area (Å²) in [7, 11) is 0. The van der Waals surface area contributed by atoms with Crippen LogP contribution in [0.5, 0.6) is 0 Å². The van der Waals surface area contributed by atoms with E-state index in [1.54, 1.807) is 27.7 Å². The number of ketones is 1. The first-order valence-electron chi connectivity index (χ1n) is 12.2. The Hall–Kier alpha value is -4.03. The summed E-state index contributed by atoms with van der Waals surface area (Å²) < 4.78 is 13.1. The quantitative estimate of drug-likeness (QED) is 0.172. The molecule has 0 spiro atoms. The van der Waals surface area contributed by atoms with Gasteiger partial charge in [0.05, 0.1) is 12.6 Å². The van der Waals surface area contributed by atoms with E-state index in [1.165, 1.54) is 24.3 Å². The Labute approximate surface area is 220 Å². The van der Waals surface area contributed by atoms with Gasteiger partial charge < -0.3 is 32.1 Å². The van der Waals surface area contributed by atoms with Gasteiger partial charge in [0.25, 0.3) is 5.91 Å². The summed E-state index contributed by atoms with van der Waals surface area (Å²) in [5.41, 5.74) is 5.87. The number of nitrogens with two attached hydrogens (primary N) is 1. The number of primary amides is 1. The van der Waals surface area contributed by atoms with Crippen LogP contribution in [0.4, 0.5) is 9.18 Å². The second-order valence-electron chi connectivity index (χ2n) is 9.40. The topological polar surface area (TPSA) is 197 Å². The molecule has 1 rings (SSSR count). The molecular formula is C25H36FN5O7. The van der Waals surface area contributed by atoms with Gasteiger partial charge in [-0.3, -0.25) is 24.0 Å². The molecule has 0 saturated carbocycles. The van der Waals surface area contributed by atoms with Crippen molar-refractivity contribution in [1.82, 2.24) is 21.3 Å².